The second kappa shape index (κ2) is 4.84. The van der Waals surface area contributed by atoms with Crippen LogP contribution in [0.4, 0.5) is 18.9 Å². The third kappa shape index (κ3) is 3.40. The van der Waals surface area contributed by atoms with Crippen LogP contribution in [0.1, 0.15) is 5.56 Å². The predicted octanol–water partition coefficient (Wildman–Crippen LogP) is 4.14. The molecule has 2 aromatic carbocycles. The van der Waals surface area contributed by atoms with Crippen LogP contribution in [0, 0.1) is 6.92 Å². The van der Waals surface area contributed by atoms with Gasteiger partial charge in [0.2, 0.25) is 0 Å². The van der Waals surface area contributed by atoms with Crippen molar-refractivity contribution in [2.45, 2.75) is 13.3 Å². The van der Waals surface area contributed by atoms with E-state index in [1.54, 1.807) is 31.2 Å². The number of rotatable bonds is 2. The van der Waals surface area contributed by atoms with Crippen LogP contribution in [0.5, 0.6) is 5.75 Å². The van der Waals surface area contributed by atoms with Crippen molar-refractivity contribution in [3.8, 4) is 16.9 Å². The van der Waals surface area contributed by atoms with Crippen LogP contribution in [0.3, 0.4) is 0 Å². The molecule has 5 heteroatoms. The molecule has 0 heterocycles. The van der Waals surface area contributed by atoms with E-state index in [-0.39, 0.29) is 5.75 Å². The maximum Gasteiger partial charge on any atom is 0.573 e. The van der Waals surface area contributed by atoms with Crippen molar-refractivity contribution in [3.05, 3.63) is 48.0 Å². The van der Waals surface area contributed by atoms with Gasteiger partial charge in [0.15, 0.2) is 0 Å². The van der Waals surface area contributed by atoms with E-state index < -0.39 is 6.36 Å². The number of benzene rings is 2. The molecule has 0 bridgehead atoms. The minimum absolute atomic E-state index is 0.224. The van der Waals surface area contributed by atoms with E-state index in [9.17, 15) is 13.2 Å². The Morgan fingerprint density at radius 2 is 1.79 bits per heavy atom. The number of nitrogens with two attached hydrogens (primary N) is 1. The molecule has 2 aromatic rings. The fraction of sp³-hybridized carbons (Fsp3) is 0.143. The smallest absolute Gasteiger partial charge is 0.406 e. The lowest BCUT2D eigenvalue weighted by Crippen LogP contribution is -2.17. The fourth-order valence-corrected chi connectivity index (χ4v) is 1.86. The van der Waals surface area contributed by atoms with E-state index in [4.69, 9.17) is 5.73 Å². The second-order valence-electron chi connectivity index (χ2n) is 4.15. The maximum absolute atomic E-state index is 12.1. The van der Waals surface area contributed by atoms with Crippen LogP contribution in [-0.2, 0) is 0 Å². The van der Waals surface area contributed by atoms with E-state index in [0.717, 1.165) is 11.1 Å². The lowest BCUT2D eigenvalue weighted by atomic mass is 10.00. The molecule has 0 aliphatic heterocycles. The molecule has 2 rings (SSSR count). The molecule has 0 amide bonds. The van der Waals surface area contributed by atoms with Crippen molar-refractivity contribution in [2.24, 2.45) is 0 Å². The second-order valence-corrected chi connectivity index (χ2v) is 4.15. The van der Waals surface area contributed by atoms with Crippen molar-refractivity contribution in [1.82, 2.24) is 0 Å². The Bertz CT molecular complexity index is 593. The van der Waals surface area contributed by atoms with E-state index >= 15 is 0 Å². The highest BCUT2D eigenvalue weighted by atomic mass is 19.4. The van der Waals surface area contributed by atoms with Crippen LogP contribution in [0.25, 0.3) is 11.1 Å². The first-order valence-electron chi connectivity index (χ1n) is 5.57. The van der Waals surface area contributed by atoms with E-state index in [2.05, 4.69) is 4.74 Å². The molecular formula is C14H12F3NO. The molecule has 100 valence electrons. The lowest BCUT2D eigenvalue weighted by molar-refractivity contribution is -0.274. The zero-order chi connectivity index (χ0) is 14.0. The number of aryl methyl sites for hydroxylation is 1. The zero-order valence-electron chi connectivity index (χ0n) is 10.2. The summed E-state index contributed by atoms with van der Waals surface area (Å²) in [5, 5.41) is 0. The molecule has 0 saturated carbocycles. The zero-order valence-corrected chi connectivity index (χ0v) is 10.2. The molecular weight excluding hydrogens is 255 g/mol. The summed E-state index contributed by atoms with van der Waals surface area (Å²) in [6.07, 6.45) is -4.68. The van der Waals surface area contributed by atoms with Gasteiger partial charge >= 0.3 is 6.36 Å². The molecule has 0 saturated heterocycles. The Morgan fingerprint density at radius 1 is 1.05 bits per heavy atom. The van der Waals surface area contributed by atoms with Crippen LogP contribution in [0.15, 0.2) is 42.5 Å². The lowest BCUT2D eigenvalue weighted by Gasteiger charge is -2.12. The molecule has 0 aliphatic carbocycles. The number of hydrogen-bond acceptors (Lipinski definition) is 2. The molecule has 0 radical (unpaired) electrons. The van der Waals surface area contributed by atoms with Crippen LogP contribution < -0.4 is 10.5 Å². The van der Waals surface area contributed by atoms with Gasteiger partial charge in [-0.05, 0) is 47.9 Å². The third-order valence-corrected chi connectivity index (χ3v) is 2.63. The van der Waals surface area contributed by atoms with Gasteiger partial charge in [0.05, 0.1) is 0 Å². The van der Waals surface area contributed by atoms with Crippen molar-refractivity contribution in [1.29, 1.82) is 0 Å². The summed E-state index contributed by atoms with van der Waals surface area (Å²) in [4.78, 5) is 0. The topological polar surface area (TPSA) is 35.2 Å². The molecule has 0 aromatic heterocycles. The normalized spacial score (nSPS) is 11.4. The van der Waals surface area contributed by atoms with Crippen molar-refractivity contribution in [3.63, 3.8) is 0 Å². The monoisotopic (exact) mass is 267 g/mol. The average molecular weight is 267 g/mol. The SMILES string of the molecule is Cc1cc(OC(F)(F)F)ccc1-c1cccc(N)c1. The average Bonchev–Trinajstić information content (AvgIpc) is 2.26. The van der Waals surface area contributed by atoms with Crippen molar-refractivity contribution < 1.29 is 17.9 Å². The van der Waals surface area contributed by atoms with Gasteiger partial charge in [0.25, 0.3) is 0 Å². The largest absolute Gasteiger partial charge is 0.573 e. The fourth-order valence-electron chi connectivity index (χ4n) is 1.86. The summed E-state index contributed by atoms with van der Waals surface area (Å²) < 4.78 is 40.2. The Kier molecular flexibility index (Phi) is 3.38. The Balaban J connectivity index is 2.34. The first kappa shape index (κ1) is 13.3. The summed E-state index contributed by atoms with van der Waals surface area (Å²) in [6, 6.07) is 11.4. The number of alkyl halides is 3. The van der Waals surface area contributed by atoms with Gasteiger partial charge in [-0.3, -0.25) is 0 Å². The summed E-state index contributed by atoms with van der Waals surface area (Å²) in [6.45, 7) is 1.72. The van der Waals surface area contributed by atoms with Gasteiger partial charge in [-0.15, -0.1) is 13.2 Å². The molecule has 0 aliphatic rings. The standard InChI is InChI=1S/C14H12F3NO/c1-9-7-12(19-14(15,16)17)5-6-13(9)10-3-2-4-11(18)8-10/h2-8H,18H2,1H3. The summed E-state index contributed by atoms with van der Waals surface area (Å²) >= 11 is 0. The van der Waals surface area contributed by atoms with Gasteiger partial charge in [-0.2, -0.15) is 0 Å². The van der Waals surface area contributed by atoms with E-state index in [0.29, 0.717) is 11.3 Å². The molecule has 0 unspecified atom stereocenters. The molecule has 0 fully saturated rings. The maximum atomic E-state index is 12.1. The molecule has 0 atom stereocenters. The highest BCUT2D eigenvalue weighted by molar-refractivity contribution is 5.71. The number of anilines is 1. The van der Waals surface area contributed by atoms with Gasteiger partial charge < -0.3 is 10.5 Å². The number of ether oxygens (including phenoxy) is 1. The van der Waals surface area contributed by atoms with Crippen LogP contribution in [0.2, 0.25) is 0 Å². The van der Waals surface area contributed by atoms with E-state index in [1.807, 2.05) is 6.07 Å². The van der Waals surface area contributed by atoms with E-state index in [1.165, 1.54) is 12.1 Å². The van der Waals surface area contributed by atoms with Crippen molar-refractivity contribution >= 4 is 5.69 Å². The van der Waals surface area contributed by atoms with Gasteiger partial charge in [-0.1, -0.05) is 18.2 Å². The van der Waals surface area contributed by atoms with Gasteiger partial charge in [-0.25, -0.2) is 0 Å². The number of halogens is 3. The van der Waals surface area contributed by atoms with Crippen LogP contribution in [-0.4, -0.2) is 6.36 Å². The number of hydrogen-bond donors (Lipinski definition) is 1. The highest BCUT2D eigenvalue weighted by Crippen LogP contribution is 2.30. The van der Waals surface area contributed by atoms with Crippen molar-refractivity contribution in [2.75, 3.05) is 5.73 Å². The minimum Gasteiger partial charge on any atom is -0.406 e. The first-order chi connectivity index (χ1) is 8.85. The Labute approximate surface area is 108 Å². The quantitative estimate of drug-likeness (QED) is 0.830. The minimum atomic E-state index is -4.68. The molecule has 2 N–H and O–H groups in total. The van der Waals surface area contributed by atoms with Gasteiger partial charge in [0, 0.05) is 5.69 Å². The number of nitrogen functional groups attached to an aromatic ring is 1. The van der Waals surface area contributed by atoms with Gasteiger partial charge in [0.1, 0.15) is 5.75 Å². The molecule has 2 nitrogen and oxygen atoms in total. The molecule has 0 spiro atoms. The first-order valence-corrected chi connectivity index (χ1v) is 5.57. The Hall–Kier alpha value is -2.17. The highest BCUT2D eigenvalue weighted by Gasteiger charge is 2.31. The molecule has 19 heavy (non-hydrogen) atoms. The predicted molar refractivity (Wildman–Crippen MR) is 67.7 cm³/mol. The Morgan fingerprint density at radius 3 is 2.37 bits per heavy atom. The summed E-state index contributed by atoms with van der Waals surface area (Å²) in [5.74, 6) is -0.224. The van der Waals surface area contributed by atoms with Crippen LogP contribution >= 0.6 is 0 Å². The summed E-state index contributed by atoms with van der Waals surface area (Å²) in [7, 11) is 0. The summed E-state index contributed by atoms with van der Waals surface area (Å²) in [5.41, 5.74) is 8.66. The third-order valence-electron chi connectivity index (χ3n) is 2.63.